The maximum absolute atomic E-state index is 11.3. The molecule has 16 heavy (non-hydrogen) atoms. The lowest BCUT2D eigenvalue weighted by molar-refractivity contribution is -0.140. The van der Waals surface area contributed by atoms with Crippen LogP contribution in [0.1, 0.15) is 24.8 Å². The summed E-state index contributed by atoms with van der Waals surface area (Å²) < 4.78 is 1.02. The fraction of sp³-hybridized carbons (Fsp3) is 0.417. The molecular formula is C12H14BrNO2. The van der Waals surface area contributed by atoms with Crippen LogP contribution in [0.2, 0.25) is 0 Å². The topological polar surface area (TPSA) is 49.3 Å². The Bertz CT molecular complexity index is 404. The average Bonchev–Trinajstić information content (AvgIpc) is 2.96. The number of aliphatic carboxylic acids is 1. The van der Waals surface area contributed by atoms with Gasteiger partial charge in [0.15, 0.2) is 0 Å². The number of benzene rings is 1. The normalized spacial score (nSPS) is 27.8. The summed E-state index contributed by atoms with van der Waals surface area (Å²) in [6.45, 7) is 2.61. The van der Waals surface area contributed by atoms with E-state index < -0.39 is 11.5 Å². The molecule has 2 N–H and O–H groups in total. The van der Waals surface area contributed by atoms with Gasteiger partial charge in [0, 0.05) is 10.4 Å². The molecule has 0 aromatic heterocycles. The van der Waals surface area contributed by atoms with E-state index in [0.717, 1.165) is 10.0 Å². The first-order valence-electron chi connectivity index (χ1n) is 5.34. The Kier molecular flexibility index (Phi) is 3.04. The van der Waals surface area contributed by atoms with Crippen molar-refractivity contribution in [1.29, 1.82) is 0 Å². The van der Waals surface area contributed by atoms with Crippen molar-refractivity contribution >= 4 is 21.9 Å². The van der Waals surface area contributed by atoms with Gasteiger partial charge in [-0.25, -0.2) is 0 Å². The van der Waals surface area contributed by atoms with Gasteiger partial charge in [0.25, 0.3) is 0 Å². The van der Waals surface area contributed by atoms with E-state index in [1.165, 1.54) is 0 Å². The van der Waals surface area contributed by atoms with Gasteiger partial charge < -0.3 is 10.4 Å². The van der Waals surface area contributed by atoms with E-state index in [1.807, 2.05) is 31.2 Å². The van der Waals surface area contributed by atoms with Gasteiger partial charge in [0.2, 0.25) is 0 Å². The molecule has 1 aromatic carbocycles. The SMILES string of the molecule is CCNC1(C(=O)O)CC1c1ccc(Br)cc1. The van der Waals surface area contributed by atoms with Crippen LogP contribution in [0, 0.1) is 0 Å². The van der Waals surface area contributed by atoms with Crippen LogP contribution < -0.4 is 5.32 Å². The highest BCUT2D eigenvalue weighted by Gasteiger charge is 2.60. The van der Waals surface area contributed by atoms with Crippen molar-refractivity contribution in [2.75, 3.05) is 6.54 Å². The fourth-order valence-corrected chi connectivity index (χ4v) is 2.45. The first-order chi connectivity index (χ1) is 7.60. The van der Waals surface area contributed by atoms with E-state index in [-0.39, 0.29) is 5.92 Å². The van der Waals surface area contributed by atoms with Gasteiger partial charge in [-0.05, 0) is 30.7 Å². The molecule has 2 rings (SSSR count). The van der Waals surface area contributed by atoms with Crippen molar-refractivity contribution in [1.82, 2.24) is 5.32 Å². The number of carbonyl (C=O) groups is 1. The molecular weight excluding hydrogens is 270 g/mol. The van der Waals surface area contributed by atoms with Crippen LogP contribution in [0.3, 0.4) is 0 Å². The predicted octanol–water partition coefficient (Wildman–Crippen LogP) is 2.37. The van der Waals surface area contributed by atoms with Crippen molar-refractivity contribution in [3.63, 3.8) is 0 Å². The van der Waals surface area contributed by atoms with Crippen LogP contribution in [-0.4, -0.2) is 23.2 Å². The van der Waals surface area contributed by atoms with Gasteiger partial charge in [0.1, 0.15) is 5.54 Å². The summed E-state index contributed by atoms with van der Waals surface area (Å²) in [6.07, 6.45) is 0.678. The largest absolute Gasteiger partial charge is 0.480 e. The Morgan fingerprint density at radius 2 is 2.19 bits per heavy atom. The van der Waals surface area contributed by atoms with Crippen LogP contribution in [0.15, 0.2) is 28.7 Å². The standard InChI is InChI=1S/C12H14BrNO2/c1-2-14-12(11(15)16)7-10(12)8-3-5-9(13)6-4-8/h3-6,10,14H,2,7H2,1H3,(H,15,16). The minimum absolute atomic E-state index is 0.0954. The molecule has 0 aliphatic heterocycles. The number of likely N-dealkylation sites (N-methyl/N-ethyl adjacent to an activating group) is 1. The third-order valence-corrected chi connectivity index (χ3v) is 3.64. The maximum atomic E-state index is 11.3. The van der Waals surface area contributed by atoms with Gasteiger partial charge in [-0.15, -0.1) is 0 Å². The Labute approximate surface area is 103 Å². The molecule has 0 heterocycles. The quantitative estimate of drug-likeness (QED) is 0.892. The zero-order valence-corrected chi connectivity index (χ0v) is 10.6. The second-order valence-electron chi connectivity index (χ2n) is 4.12. The van der Waals surface area contributed by atoms with Gasteiger partial charge >= 0.3 is 5.97 Å². The summed E-state index contributed by atoms with van der Waals surface area (Å²) in [4.78, 5) is 11.3. The highest BCUT2D eigenvalue weighted by atomic mass is 79.9. The van der Waals surface area contributed by atoms with Gasteiger partial charge in [0.05, 0.1) is 0 Å². The van der Waals surface area contributed by atoms with Crippen molar-refractivity contribution in [3.05, 3.63) is 34.3 Å². The molecule has 2 unspecified atom stereocenters. The van der Waals surface area contributed by atoms with Gasteiger partial charge in [-0.1, -0.05) is 35.0 Å². The second kappa shape index (κ2) is 4.18. The van der Waals surface area contributed by atoms with E-state index >= 15 is 0 Å². The van der Waals surface area contributed by atoms with E-state index in [2.05, 4.69) is 21.2 Å². The van der Waals surface area contributed by atoms with Crippen LogP contribution in [0.5, 0.6) is 0 Å². The number of hydrogen-bond donors (Lipinski definition) is 2. The zero-order valence-electron chi connectivity index (χ0n) is 9.03. The van der Waals surface area contributed by atoms with Crippen molar-refractivity contribution in [2.24, 2.45) is 0 Å². The second-order valence-corrected chi connectivity index (χ2v) is 5.03. The third-order valence-electron chi connectivity index (χ3n) is 3.11. The number of rotatable bonds is 4. The predicted molar refractivity (Wildman–Crippen MR) is 65.5 cm³/mol. The molecule has 2 atom stereocenters. The molecule has 1 aliphatic rings. The smallest absolute Gasteiger partial charge is 0.324 e. The Hall–Kier alpha value is -0.870. The minimum Gasteiger partial charge on any atom is -0.480 e. The van der Waals surface area contributed by atoms with Crippen LogP contribution in [-0.2, 0) is 4.79 Å². The van der Waals surface area contributed by atoms with Gasteiger partial charge in [-0.3, -0.25) is 4.79 Å². The number of hydrogen-bond acceptors (Lipinski definition) is 2. The molecule has 0 spiro atoms. The average molecular weight is 284 g/mol. The number of nitrogens with one attached hydrogen (secondary N) is 1. The van der Waals surface area contributed by atoms with Crippen molar-refractivity contribution < 1.29 is 9.90 Å². The summed E-state index contributed by atoms with van der Waals surface area (Å²) in [5, 5.41) is 12.3. The lowest BCUT2D eigenvalue weighted by Gasteiger charge is -2.13. The van der Waals surface area contributed by atoms with E-state index in [0.29, 0.717) is 13.0 Å². The van der Waals surface area contributed by atoms with Crippen molar-refractivity contribution in [2.45, 2.75) is 24.8 Å². The van der Waals surface area contributed by atoms with Crippen LogP contribution >= 0.6 is 15.9 Å². The highest BCUT2D eigenvalue weighted by molar-refractivity contribution is 9.10. The van der Waals surface area contributed by atoms with E-state index in [1.54, 1.807) is 0 Å². The molecule has 0 saturated heterocycles. The summed E-state index contributed by atoms with van der Waals surface area (Å²) in [7, 11) is 0. The molecule has 0 radical (unpaired) electrons. The lowest BCUT2D eigenvalue weighted by atomic mass is 10.1. The maximum Gasteiger partial charge on any atom is 0.324 e. The zero-order chi connectivity index (χ0) is 11.8. The molecule has 1 saturated carbocycles. The Balaban J connectivity index is 2.19. The fourth-order valence-electron chi connectivity index (χ4n) is 2.18. The molecule has 0 bridgehead atoms. The molecule has 4 heteroatoms. The summed E-state index contributed by atoms with van der Waals surface area (Å²) in [6, 6.07) is 7.87. The Morgan fingerprint density at radius 1 is 1.56 bits per heavy atom. The van der Waals surface area contributed by atoms with Crippen LogP contribution in [0.4, 0.5) is 0 Å². The van der Waals surface area contributed by atoms with Gasteiger partial charge in [-0.2, -0.15) is 0 Å². The molecule has 86 valence electrons. The summed E-state index contributed by atoms with van der Waals surface area (Å²) in [5.74, 6) is -0.652. The lowest BCUT2D eigenvalue weighted by Crippen LogP contribution is -2.40. The minimum atomic E-state index is -0.748. The monoisotopic (exact) mass is 283 g/mol. The van der Waals surface area contributed by atoms with Crippen LogP contribution in [0.25, 0.3) is 0 Å². The number of carboxylic acid groups (broad SMARTS) is 1. The molecule has 1 aromatic rings. The first-order valence-corrected chi connectivity index (χ1v) is 6.13. The molecule has 1 aliphatic carbocycles. The number of carboxylic acids is 1. The third kappa shape index (κ3) is 1.87. The van der Waals surface area contributed by atoms with Crippen molar-refractivity contribution in [3.8, 4) is 0 Å². The summed E-state index contributed by atoms with van der Waals surface area (Å²) in [5.41, 5.74) is 0.356. The summed E-state index contributed by atoms with van der Waals surface area (Å²) >= 11 is 3.37. The van der Waals surface area contributed by atoms with E-state index in [4.69, 9.17) is 0 Å². The molecule has 3 nitrogen and oxygen atoms in total. The highest BCUT2D eigenvalue weighted by Crippen LogP contribution is 2.51. The molecule has 0 amide bonds. The number of halogens is 1. The molecule has 1 fully saturated rings. The van der Waals surface area contributed by atoms with E-state index in [9.17, 15) is 9.90 Å². The Morgan fingerprint density at radius 3 is 2.69 bits per heavy atom. The first kappa shape index (κ1) is 11.6.